The van der Waals surface area contributed by atoms with Gasteiger partial charge in [-0.2, -0.15) is 15.2 Å². The van der Waals surface area contributed by atoms with Crippen molar-refractivity contribution in [1.82, 2.24) is 9.97 Å². The number of nitrogen functional groups attached to an aromatic ring is 1. The summed E-state index contributed by atoms with van der Waals surface area (Å²) in [5, 5.41) is 10.4. The molecule has 0 spiro atoms. The van der Waals surface area contributed by atoms with E-state index in [1.54, 1.807) is 0 Å². The van der Waals surface area contributed by atoms with Crippen LogP contribution in [0.5, 0.6) is 11.9 Å². The molecule has 0 aliphatic rings. The van der Waals surface area contributed by atoms with Gasteiger partial charge in [-0.3, -0.25) is 0 Å². The Morgan fingerprint density at radius 3 is 1.86 bits per heavy atom. The van der Waals surface area contributed by atoms with E-state index >= 15 is 0 Å². The van der Waals surface area contributed by atoms with Crippen LogP contribution in [0.1, 0.15) is 16.8 Å². The average Bonchev–Trinajstić information content (AvgIpc) is 2.75. The number of nitrogens with two attached hydrogens (primary N) is 1. The van der Waals surface area contributed by atoms with Gasteiger partial charge in [0.2, 0.25) is 5.88 Å². The van der Waals surface area contributed by atoms with E-state index in [4.69, 9.17) is 15.2 Å². The Morgan fingerprint density at radius 1 is 0.893 bits per heavy atom. The molecule has 6 nitrogen and oxygen atoms in total. The number of rotatable bonds is 7. The van der Waals surface area contributed by atoms with E-state index in [1.165, 1.54) is 14.2 Å². The molecule has 142 valence electrons. The van der Waals surface area contributed by atoms with E-state index in [1.807, 2.05) is 60.7 Å². The molecule has 6 heteroatoms. The lowest BCUT2D eigenvalue weighted by atomic mass is 9.74. The highest BCUT2D eigenvalue weighted by atomic mass is 16.5. The third-order valence-electron chi connectivity index (χ3n) is 4.63. The van der Waals surface area contributed by atoms with Gasteiger partial charge in [-0.15, -0.1) is 0 Å². The summed E-state index contributed by atoms with van der Waals surface area (Å²) in [4.78, 5) is 8.62. The van der Waals surface area contributed by atoms with Crippen LogP contribution in [0.3, 0.4) is 0 Å². The van der Waals surface area contributed by atoms with E-state index in [2.05, 4.69) is 16.0 Å². The van der Waals surface area contributed by atoms with Crippen LogP contribution in [-0.4, -0.2) is 24.2 Å². The van der Waals surface area contributed by atoms with Crippen molar-refractivity contribution in [2.45, 2.75) is 18.3 Å². The third-order valence-corrected chi connectivity index (χ3v) is 4.63. The second kappa shape index (κ2) is 8.40. The Kier molecular flexibility index (Phi) is 5.75. The number of anilines is 1. The molecule has 1 aromatic heterocycles. The minimum atomic E-state index is -1.02. The van der Waals surface area contributed by atoms with Crippen molar-refractivity contribution < 1.29 is 9.47 Å². The summed E-state index contributed by atoms with van der Waals surface area (Å²) >= 11 is 0. The molecule has 0 unspecified atom stereocenters. The second-order valence-electron chi connectivity index (χ2n) is 6.50. The summed E-state index contributed by atoms with van der Waals surface area (Å²) in [7, 11) is 2.95. The number of aromatic nitrogens is 2. The number of ether oxygens (including phenoxy) is 2. The second-order valence-corrected chi connectivity index (χ2v) is 6.50. The van der Waals surface area contributed by atoms with Gasteiger partial charge in [0.05, 0.1) is 26.0 Å². The maximum atomic E-state index is 10.4. The van der Waals surface area contributed by atoms with Gasteiger partial charge in [0.15, 0.2) is 0 Å². The molecule has 0 bridgehead atoms. The van der Waals surface area contributed by atoms with Gasteiger partial charge in [0.25, 0.3) is 0 Å². The van der Waals surface area contributed by atoms with Crippen LogP contribution in [0.4, 0.5) is 5.69 Å². The van der Waals surface area contributed by atoms with Crippen molar-refractivity contribution in [2.75, 3.05) is 20.0 Å². The van der Waals surface area contributed by atoms with Gasteiger partial charge >= 0.3 is 6.01 Å². The number of methoxy groups -OCH3 is 2. The predicted molar refractivity (Wildman–Crippen MR) is 107 cm³/mol. The normalized spacial score (nSPS) is 10.9. The Balaban J connectivity index is 2.19. The molecule has 3 rings (SSSR count). The number of benzene rings is 2. The Hall–Kier alpha value is -3.59. The maximum Gasteiger partial charge on any atom is 0.319 e. The molecule has 0 saturated carbocycles. The van der Waals surface area contributed by atoms with Crippen LogP contribution in [0.25, 0.3) is 0 Å². The summed E-state index contributed by atoms with van der Waals surface area (Å²) < 4.78 is 10.5. The fourth-order valence-corrected chi connectivity index (χ4v) is 3.29. The SMILES string of the molecule is COc1nc(OC)c(N)c(C(C#N)(Cc2ccccc2)Cc2ccccc2)n1. The van der Waals surface area contributed by atoms with Crippen LogP contribution in [-0.2, 0) is 18.3 Å². The predicted octanol–water partition coefficient (Wildman–Crippen LogP) is 3.32. The monoisotopic (exact) mass is 374 g/mol. The quantitative estimate of drug-likeness (QED) is 0.682. The van der Waals surface area contributed by atoms with Crippen molar-refractivity contribution in [3.63, 3.8) is 0 Å². The van der Waals surface area contributed by atoms with Gasteiger partial charge in [-0.05, 0) is 24.0 Å². The van der Waals surface area contributed by atoms with E-state index in [0.29, 0.717) is 18.5 Å². The van der Waals surface area contributed by atoms with Crippen LogP contribution in [0.15, 0.2) is 60.7 Å². The minimum absolute atomic E-state index is 0.113. The lowest BCUT2D eigenvalue weighted by Crippen LogP contribution is -2.33. The molecular weight excluding hydrogens is 352 g/mol. The van der Waals surface area contributed by atoms with Crippen LogP contribution < -0.4 is 15.2 Å². The molecule has 0 aliphatic heterocycles. The van der Waals surface area contributed by atoms with Crippen molar-refractivity contribution in [1.29, 1.82) is 5.26 Å². The van der Waals surface area contributed by atoms with Gasteiger partial charge in [0.1, 0.15) is 11.1 Å². The number of nitriles is 1. The van der Waals surface area contributed by atoms with Crippen LogP contribution in [0, 0.1) is 11.3 Å². The zero-order valence-electron chi connectivity index (χ0n) is 15.9. The fourth-order valence-electron chi connectivity index (χ4n) is 3.29. The van der Waals surface area contributed by atoms with Gasteiger partial charge in [-0.1, -0.05) is 60.7 Å². The van der Waals surface area contributed by atoms with E-state index in [-0.39, 0.29) is 17.6 Å². The highest BCUT2D eigenvalue weighted by molar-refractivity contribution is 5.58. The van der Waals surface area contributed by atoms with E-state index in [0.717, 1.165) is 11.1 Å². The van der Waals surface area contributed by atoms with Crippen molar-refractivity contribution >= 4 is 5.69 Å². The first-order valence-electron chi connectivity index (χ1n) is 8.87. The molecular formula is C22H22N4O2. The number of nitrogens with zero attached hydrogens (tertiary/aromatic N) is 3. The molecule has 0 amide bonds. The number of hydrogen-bond donors (Lipinski definition) is 1. The summed E-state index contributed by atoms with van der Waals surface area (Å²) in [6.45, 7) is 0. The highest BCUT2D eigenvalue weighted by Crippen LogP contribution is 2.38. The maximum absolute atomic E-state index is 10.4. The van der Waals surface area contributed by atoms with Gasteiger partial charge in [0, 0.05) is 0 Å². The Bertz CT molecular complexity index is 928. The van der Waals surface area contributed by atoms with Gasteiger partial charge in [-0.25, -0.2) is 0 Å². The van der Waals surface area contributed by atoms with E-state index < -0.39 is 5.41 Å². The Labute approximate surface area is 164 Å². The first-order chi connectivity index (χ1) is 13.6. The number of hydrogen-bond acceptors (Lipinski definition) is 6. The largest absolute Gasteiger partial charge is 0.479 e. The highest BCUT2D eigenvalue weighted by Gasteiger charge is 2.38. The summed E-state index contributed by atoms with van der Waals surface area (Å²) in [6, 6.07) is 22.2. The third kappa shape index (κ3) is 3.89. The smallest absolute Gasteiger partial charge is 0.319 e. The minimum Gasteiger partial charge on any atom is -0.479 e. The average molecular weight is 374 g/mol. The van der Waals surface area contributed by atoms with Crippen molar-refractivity contribution in [3.05, 3.63) is 77.5 Å². The van der Waals surface area contributed by atoms with Crippen molar-refractivity contribution in [2.24, 2.45) is 0 Å². The fraction of sp³-hybridized carbons (Fsp3) is 0.227. The summed E-state index contributed by atoms with van der Waals surface area (Å²) in [5.74, 6) is 0.197. The first-order valence-corrected chi connectivity index (χ1v) is 8.87. The summed E-state index contributed by atoms with van der Waals surface area (Å²) in [6.07, 6.45) is 0.875. The molecule has 0 saturated heterocycles. The molecule has 28 heavy (non-hydrogen) atoms. The zero-order valence-corrected chi connectivity index (χ0v) is 15.9. The summed E-state index contributed by atoms with van der Waals surface area (Å²) in [5.41, 5.74) is 7.99. The molecule has 2 N–H and O–H groups in total. The van der Waals surface area contributed by atoms with Crippen LogP contribution >= 0.6 is 0 Å². The lowest BCUT2D eigenvalue weighted by Gasteiger charge is -2.28. The topological polar surface area (TPSA) is 94.0 Å². The zero-order chi connectivity index (χ0) is 20.0. The molecule has 2 aromatic carbocycles. The van der Waals surface area contributed by atoms with E-state index in [9.17, 15) is 5.26 Å². The van der Waals surface area contributed by atoms with Crippen molar-refractivity contribution in [3.8, 4) is 18.0 Å². The molecule has 0 fully saturated rings. The lowest BCUT2D eigenvalue weighted by molar-refractivity contribution is 0.347. The molecule has 0 radical (unpaired) electrons. The molecule has 1 heterocycles. The molecule has 0 atom stereocenters. The molecule has 0 aliphatic carbocycles. The van der Waals surface area contributed by atoms with Crippen LogP contribution in [0.2, 0.25) is 0 Å². The molecule has 3 aromatic rings. The van der Waals surface area contributed by atoms with Gasteiger partial charge < -0.3 is 15.2 Å². The Morgan fingerprint density at radius 2 is 1.43 bits per heavy atom. The first kappa shape index (κ1) is 19.2. The standard InChI is InChI=1S/C22H22N4O2/c1-27-20-18(24)19(25-21(26-20)28-2)22(15-23,13-16-9-5-3-6-10-16)14-17-11-7-4-8-12-17/h3-12H,13-14,24H2,1-2H3.